The number of ether oxygens (including phenoxy) is 3. The molecule has 0 aliphatic carbocycles. The fraction of sp³-hybridized carbons (Fsp3) is 0.901. The van der Waals surface area contributed by atoms with Crippen molar-refractivity contribution in [2.24, 2.45) is 0 Å². The van der Waals surface area contributed by atoms with Crippen LogP contribution in [0.15, 0.2) is 24.3 Å². The summed E-state index contributed by atoms with van der Waals surface area (Å²) in [5.41, 5.74) is 0. The van der Waals surface area contributed by atoms with E-state index >= 15 is 0 Å². The Kier molecular flexibility index (Phi) is 64.6. The van der Waals surface area contributed by atoms with Crippen LogP contribution in [0, 0.1) is 0 Å². The Labute approximate surface area is 481 Å². The molecule has 6 nitrogen and oxygen atoms in total. The topological polar surface area (TPSA) is 78.9 Å². The summed E-state index contributed by atoms with van der Waals surface area (Å²) >= 11 is 0. The van der Waals surface area contributed by atoms with Crippen molar-refractivity contribution in [1.29, 1.82) is 0 Å². The Bertz CT molecular complexity index is 1240. The predicted molar refractivity (Wildman–Crippen MR) is 335 cm³/mol. The molecular weight excluding hydrogens is 949 g/mol. The summed E-state index contributed by atoms with van der Waals surface area (Å²) in [5.74, 6) is -0.862. The molecule has 0 fully saturated rings. The molecule has 77 heavy (non-hydrogen) atoms. The van der Waals surface area contributed by atoms with E-state index in [0.29, 0.717) is 19.3 Å². The number of esters is 3. The van der Waals surface area contributed by atoms with Crippen LogP contribution < -0.4 is 0 Å². The molecule has 0 rings (SSSR count). The van der Waals surface area contributed by atoms with Gasteiger partial charge in [0.2, 0.25) is 0 Å². The first kappa shape index (κ1) is 74.9. The van der Waals surface area contributed by atoms with Crippen LogP contribution in [0.25, 0.3) is 0 Å². The molecule has 0 bridgehead atoms. The fourth-order valence-electron chi connectivity index (χ4n) is 10.7. The first-order chi connectivity index (χ1) is 38.0. The maximum absolute atomic E-state index is 12.9. The van der Waals surface area contributed by atoms with Gasteiger partial charge in [-0.25, -0.2) is 0 Å². The van der Waals surface area contributed by atoms with Crippen LogP contribution in [0.4, 0.5) is 0 Å². The van der Waals surface area contributed by atoms with Crippen LogP contribution in [0.3, 0.4) is 0 Å². The first-order valence-corrected chi connectivity index (χ1v) is 34.8. The highest BCUT2D eigenvalue weighted by Crippen LogP contribution is 2.19. The van der Waals surface area contributed by atoms with Gasteiger partial charge in [-0.05, 0) is 64.2 Å². The average molecular weight is 1080 g/mol. The van der Waals surface area contributed by atoms with Crippen LogP contribution in [-0.2, 0) is 28.6 Å². The Morgan fingerprint density at radius 1 is 0.247 bits per heavy atom. The van der Waals surface area contributed by atoms with Crippen LogP contribution >= 0.6 is 0 Å². The van der Waals surface area contributed by atoms with Gasteiger partial charge in [0.05, 0.1) is 0 Å². The molecule has 0 amide bonds. The van der Waals surface area contributed by atoms with E-state index in [1.54, 1.807) is 0 Å². The molecule has 6 heteroatoms. The third-order valence-corrected chi connectivity index (χ3v) is 15.9. The minimum Gasteiger partial charge on any atom is -0.462 e. The highest BCUT2D eigenvalue weighted by atomic mass is 16.6. The Morgan fingerprint density at radius 3 is 0.701 bits per heavy atom. The van der Waals surface area contributed by atoms with Crippen LogP contribution in [0.2, 0.25) is 0 Å². The number of carbonyl (C=O) groups excluding carboxylic acids is 3. The second kappa shape index (κ2) is 66.4. The lowest BCUT2D eigenvalue weighted by Gasteiger charge is -2.18. The van der Waals surface area contributed by atoms with Gasteiger partial charge < -0.3 is 14.2 Å². The van der Waals surface area contributed by atoms with Gasteiger partial charge in [0, 0.05) is 19.3 Å². The molecule has 0 aliphatic heterocycles. The average Bonchev–Trinajstić information content (AvgIpc) is 3.43. The fourth-order valence-corrected chi connectivity index (χ4v) is 10.7. The van der Waals surface area contributed by atoms with Crippen molar-refractivity contribution in [3.8, 4) is 0 Å². The normalized spacial score (nSPS) is 12.1. The van der Waals surface area contributed by atoms with Gasteiger partial charge in [0.15, 0.2) is 6.10 Å². The van der Waals surface area contributed by atoms with Crippen molar-refractivity contribution >= 4 is 17.9 Å². The Balaban J connectivity index is 4.04. The van der Waals surface area contributed by atoms with Crippen molar-refractivity contribution in [1.82, 2.24) is 0 Å². The molecule has 0 aromatic rings. The summed E-state index contributed by atoms with van der Waals surface area (Å²) in [6.07, 6.45) is 80.9. The quantitative estimate of drug-likeness (QED) is 0.0261. The van der Waals surface area contributed by atoms with Crippen molar-refractivity contribution in [3.05, 3.63) is 24.3 Å². The lowest BCUT2D eigenvalue weighted by Crippen LogP contribution is -2.30. The number of rotatable bonds is 65. The van der Waals surface area contributed by atoms with Crippen LogP contribution in [0.5, 0.6) is 0 Å². The lowest BCUT2D eigenvalue weighted by molar-refractivity contribution is -0.167. The maximum atomic E-state index is 12.9. The first-order valence-electron chi connectivity index (χ1n) is 34.8. The molecule has 1 unspecified atom stereocenters. The number of carbonyl (C=O) groups is 3. The van der Waals surface area contributed by atoms with Crippen LogP contribution in [0.1, 0.15) is 393 Å². The zero-order valence-corrected chi connectivity index (χ0v) is 52.3. The zero-order chi connectivity index (χ0) is 55.7. The summed E-state index contributed by atoms with van der Waals surface area (Å²) in [6.45, 7) is 6.63. The third-order valence-electron chi connectivity index (χ3n) is 15.9. The predicted octanol–water partition coefficient (Wildman–Crippen LogP) is 23.8. The van der Waals surface area contributed by atoms with Gasteiger partial charge in [-0.2, -0.15) is 0 Å². The van der Waals surface area contributed by atoms with Crippen molar-refractivity contribution in [3.63, 3.8) is 0 Å². The third kappa shape index (κ3) is 64.6. The van der Waals surface area contributed by atoms with Gasteiger partial charge in [-0.15, -0.1) is 0 Å². The summed E-state index contributed by atoms with van der Waals surface area (Å²) in [6, 6.07) is 0. The molecular formula is C71H134O6. The van der Waals surface area contributed by atoms with Crippen molar-refractivity contribution < 1.29 is 28.6 Å². The van der Waals surface area contributed by atoms with Gasteiger partial charge in [-0.1, -0.05) is 334 Å². The molecule has 0 aromatic heterocycles. The lowest BCUT2D eigenvalue weighted by atomic mass is 10.0. The molecule has 0 spiro atoms. The zero-order valence-electron chi connectivity index (χ0n) is 52.3. The van der Waals surface area contributed by atoms with E-state index in [4.69, 9.17) is 14.2 Å². The summed E-state index contributed by atoms with van der Waals surface area (Å²) in [5, 5.41) is 0. The molecule has 0 saturated heterocycles. The van der Waals surface area contributed by atoms with Gasteiger partial charge >= 0.3 is 17.9 Å². The highest BCUT2D eigenvalue weighted by Gasteiger charge is 2.19. The van der Waals surface area contributed by atoms with E-state index in [-0.39, 0.29) is 31.1 Å². The van der Waals surface area contributed by atoms with E-state index in [0.717, 1.165) is 70.6 Å². The molecule has 0 N–H and O–H groups in total. The molecule has 1 atom stereocenters. The maximum Gasteiger partial charge on any atom is 0.306 e. The minimum atomic E-state index is -0.774. The van der Waals surface area contributed by atoms with Crippen LogP contribution in [-0.4, -0.2) is 37.2 Å². The smallest absolute Gasteiger partial charge is 0.306 e. The van der Waals surface area contributed by atoms with E-state index < -0.39 is 6.10 Å². The molecule has 454 valence electrons. The van der Waals surface area contributed by atoms with E-state index in [2.05, 4.69) is 45.1 Å². The monoisotopic (exact) mass is 1080 g/mol. The molecule has 0 aromatic carbocycles. The van der Waals surface area contributed by atoms with Gasteiger partial charge in [0.1, 0.15) is 13.2 Å². The standard InChI is InChI=1S/C71H134O6/c1-4-7-10-13-16-19-22-24-26-28-29-30-31-32-33-34-35-36-37-38-39-40-41-42-44-45-47-49-52-55-58-61-64-70(73)76-67-68(66-75-69(72)63-60-57-54-51-21-18-15-12-9-6-3)77-71(74)65-62-59-56-53-50-48-46-43-27-25-23-20-17-14-11-8-5-2/h12,15,25,27,68H,4-11,13-14,16-24,26,28-67H2,1-3H3/b15-12-,27-25-. The minimum absolute atomic E-state index is 0.0710. The second-order valence-electron chi connectivity index (χ2n) is 23.8. The number of allylic oxidation sites excluding steroid dienone is 4. The van der Waals surface area contributed by atoms with Crippen molar-refractivity contribution in [2.75, 3.05) is 13.2 Å². The molecule has 0 radical (unpaired) electrons. The molecule has 0 heterocycles. The van der Waals surface area contributed by atoms with E-state index in [1.807, 2.05) is 0 Å². The van der Waals surface area contributed by atoms with E-state index in [9.17, 15) is 14.4 Å². The van der Waals surface area contributed by atoms with Gasteiger partial charge in [-0.3, -0.25) is 14.4 Å². The summed E-state index contributed by atoms with van der Waals surface area (Å²) < 4.78 is 16.9. The highest BCUT2D eigenvalue weighted by molar-refractivity contribution is 5.71. The van der Waals surface area contributed by atoms with Gasteiger partial charge in [0.25, 0.3) is 0 Å². The van der Waals surface area contributed by atoms with E-state index in [1.165, 1.54) is 283 Å². The largest absolute Gasteiger partial charge is 0.462 e. The number of hydrogen-bond donors (Lipinski definition) is 0. The number of hydrogen-bond acceptors (Lipinski definition) is 6. The number of unbranched alkanes of at least 4 members (excludes halogenated alkanes) is 50. The van der Waals surface area contributed by atoms with Crippen molar-refractivity contribution in [2.45, 2.75) is 399 Å². The SMILES string of the molecule is CCC/C=C\CCCCCCCC(=O)OCC(COC(=O)CCCCCCCCCCCCCCCCCCCCCCCCCCCCCCCCCC)OC(=O)CCCCCCCCC/C=C\CCCCCCCC. The summed E-state index contributed by atoms with van der Waals surface area (Å²) in [4.78, 5) is 38.2. The Hall–Kier alpha value is -2.11. The Morgan fingerprint density at radius 2 is 0.455 bits per heavy atom. The second-order valence-corrected chi connectivity index (χ2v) is 23.8. The molecule has 0 aliphatic rings. The molecule has 0 saturated carbocycles. The summed E-state index contributed by atoms with van der Waals surface area (Å²) in [7, 11) is 0.